The molecular weight excluding hydrogens is 226 g/mol. The van der Waals surface area contributed by atoms with E-state index in [9.17, 15) is 9.59 Å². The van der Waals surface area contributed by atoms with Crippen molar-refractivity contribution in [1.29, 1.82) is 0 Å². The largest absolute Gasteiger partial charge is 0.481 e. The van der Waals surface area contributed by atoms with E-state index in [2.05, 4.69) is 20.8 Å². The summed E-state index contributed by atoms with van der Waals surface area (Å²) in [6, 6.07) is 0.0758. The maximum Gasteiger partial charge on any atom is 0.305 e. The summed E-state index contributed by atoms with van der Waals surface area (Å²) >= 11 is 0. The number of carbonyl (C=O) groups excluding carboxylic acids is 1. The van der Waals surface area contributed by atoms with Crippen LogP contribution in [0.3, 0.4) is 0 Å². The van der Waals surface area contributed by atoms with Crippen LogP contribution in [0, 0.1) is 0 Å². The van der Waals surface area contributed by atoms with Gasteiger partial charge < -0.3 is 10.4 Å². The third kappa shape index (κ3) is 4.17. The number of nitrogens with zero attached hydrogens (tertiary/aromatic N) is 4. The van der Waals surface area contributed by atoms with Crippen LogP contribution in [0.1, 0.15) is 32.1 Å². The van der Waals surface area contributed by atoms with Crippen LogP contribution in [0.15, 0.2) is 0 Å². The van der Waals surface area contributed by atoms with Gasteiger partial charge in [0, 0.05) is 6.54 Å². The first kappa shape index (κ1) is 13.1. The van der Waals surface area contributed by atoms with Crippen LogP contribution < -0.4 is 5.32 Å². The number of hydrogen-bond donors (Lipinski definition) is 2. The van der Waals surface area contributed by atoms with Crippen molar-refractivity contribution in [2.45, 2.75) is 32.7 Å². The predicted octanol–water partition coefficient (Wildman–Crippen LogP) is -0.613. The first-order chi connectivity index (χ1) is 8.00. The molecule has 1 aromatic rings. The molecular formula is C9H15N5O3. The van der Waals surface area contributed by atoms with Crippen molar-refractivity contribution >= 4 is 11.9 Å². The van der Waals surface area contributed by atoms with Gasteiger partial charge in [0.15, 0.2) is 5.82 Å². The molecule has 0 bridgehead atoms. The van der Waals surface area contributed by atoms with E-state index >= 15 is 0 Å². The van der Waals surface area contributed by atoms with Crippen LogP contribution >= 0.6 is 0 Å². The number of carbonyl (C=O) groups is 2. The zero-order chi connectivity index (χ0) is 12.8. The molecule has 0 aromatic carbocycles. The molecule has 0 saturated carbocycles. The van der Waals surface area contributed by atoms with Gasteiger partial charge in [0.05, 0.1) is 18.9 Å². The second-order valence-corrected chi connectivity index (χ2v) is 3.80. The maximum absolute atomic E-state index is 11.5. The third-order valence-electron chi connectivity index (χ3n) is 2.03. The summed E-state index contributed by atoms with van der Waals surface area (Å²) in [7, 11) is 0. The fraction of sp³-hybridized carbons (Fsp3) is 0.667. The molecule has 0 unspecified atom stereocenters. The lowest BCUT2D eigenvalue weighted by Crippen LogP contribution is -2.28. The second kappa shape index (κ2) is 5.92. The number of carboxylic acids is 1. The van der Waals surface area contributed by atoms with E-state index in [0.717, 1.165) is 0 Å². The molecule has 0 spiro atoms. The molecule has 0 fully saturated rings. The first-order valence-electron chi connectivity index (χ1n) is 5.26. The number of aromatic nitrogens is 4. The summed E-state index contributed by atoms with van der Waals surface area (Å²) in [5.74, 6) is -0.770. The van der Waals surface area contributed by atoms with Gasteiger partial charge in [0.2, 0.25) is 5.91 Å². The van der Waals surface area contributed by atoms with Gasteiger partial charge in [-0.1, -0.05) is 0 Å². The quantitative estimate of drug-likeness (QED) is 0.687. The van der Waals surface area contributed by atoms with Crippen molar-refractivity contribution < 1.29 is 14.7 Å². The Kier molecular flexibility index (Phi) is 4.56. The van der Waals surface area contributed by atoms with E-state index in [0.29, 0.717) is 5.82 Å². The zero-order valence-electron chi connectivity index (χ0n) is 9.75. The summed E-state index contributed by atoms with van der Waals surface area (Å²) in [4.78, 5) is 21.7. The molecule has 1 heterocycles. The molecule has 94 valence electrons. The normalized spacial score (nSPS) is 10.5. The number of nitrogens with one attached hydrogen (secondary N) is 1. The molecule has 1 rings (SSSR count). The van der Waals surface area contributed by atoms with Crippen molar-refractivity contribution in [3.8, 4) is 0 Å². The number of hydrogen-bond acceptors (Lipinski definition) is 5. The van der Waals surface area contributed by atoms with Crippen LogP contribution in [0.2, 0.25) is 0 Å². The highest BCUT2D eigenvalue weighted by molar-refractivity contribution is 5.78. The molecule has 2 N–H and O–H groups in total. The van der Waals surface area contributed by atoms with E-state index < -0.39 is 5.97 Å². The lowest BCUT2D eigenvalue weighted by atomic mass is 10.3. The van der Waals surface area contributed by atoms with Gasteiger partial charge >= 0.3 is 5.97 Å². The molecule has 1 amide bonds. The summed E-state index contributed by atoms with van der Waals surface area (Å²) in [5.41, 5.74) is 0. The number of tetrazole rings is 1. The number of amides is 1. The molecule has 0 atom stereocenters. The fourth-order valence-corrected chi connectivity index (χ4v) is 1.24. The highest BCUT2D eigenvalue weighted by Gasteiger charge is 2.13. The van der Waals surface area contributed by atoms with Crippen molar-refractivity contribution in [1.82, 2.24) is 25.5 Å². The van der Waals surface area contributed by atoms with Gasteiger partial charge in [-0.25, -0.2) is 4.68 Å². The predicted molar refractivity (Wildman–Crippen MR) is 57.2 cm³/mol. The van der Waals surface area contributed by atoms with Gasteiger partial charge in [-0.05, 0) is 24.3 Å². The Morgan fingerprint density at radius 3 is 2.76 bits per heavy atom. The van der Waals surface area contributed by atoms with E-state index in [1.807, 2.05) is 13.8 Å². The maximum atomic E-state index is 11.5. The summed E-state index contributed by atoms with van der Waals surface area (Å²) < 4.78 is 1.55. The van der Waals surface area contributed by atoms with Crippen LogP contribution in [-0.4, -0.2) is 43.7 Å². The van der Waals surface area contributed by atoms with Gasteiger partial charge in [0.1, 0.15) is 0 Å². The first-order valence-corrected chi connectivity index (χ1v) is 5.26. The van der Waals surface area contributed by atoms with Gasteiger partial charge in [0.25, 0.3) is 0 Å². The number of aliphatic carboxylic acids is 1. The summed E-state index contributed by atoms with van der Waals surface area (Å²) in [5, 5.41) is 21.9. The van der Waals surface area contributed by atoms with Crippen molar-refractivity contribution in [2.24, 2.45) is 0 Å². The van der Waals surface area contributed by atoms with Gasteiger partial charge in [-0.3, -0.25) is 9.59 Å². The van der Waals surface area contributed by atoms with Crippen LogP contribution in [0.4, 0.5) is 0 Å². The highest BCUT2D eigenvalue weighted by Crippen LogP contribution is 2.04. The SMILES string of the molecule is CC(C)n1nnnc1CC(=O)NCCC(=O)O. The molecule has 8 heteroatoms. The molecule has 1 aromatic heterocycles. The van der Waals surface area contributed by atoms with E-state index in [-0.39, 0.29) is 31.3 Å². The lowest BCUT2D eigenvalue weighted by Gasteiger charge is -2.07. The lowest BCUT2D eigenvalue weighted by molar-refractivity contribution is -0.136. The van der Waals surface area contributed by atoms with Crippen LogP contribution in [0.5, 0.6) is 0 Å². The van der Waals surface area contributed by atoms with Gasteiger partial charge in [-0.2, -0.15) is 0 Å². The van der Waals surface area contributed by atoms with Crippen molar-refractivity contribution in [3.05, 3.63) is 5.82 Å². The Balaban J connectivity index is 2.45. The van der Waals surface area contributed by atoms with Crippen LogP contribution in [0.25, 0.3) is 0 Å². The zero-order valence-corrected chi connectivity index (χ0v) is 9.75. The minimum absolute atomic E-state index is 0.0464. The fourth-order valence-electron chi connectivity index (χ4n) is 1.24. The van der Waals surface area contributed by atoms with E-state index in [1.54, 1.807) is 4.68 Å². The van der Waals surface area contributed by atoms with Gasteiger partial charge in [-0.15, -0.1) is 5.10 Å². The van der Waals surface area contributed by atoms with E-state index in [4.69, 9.17) is 5.11 Å². The molecule has 8 nitrogen and oxygen atoms in total. The van der Waals surface area contributed by atoms with Crippen molar-refractivity contribution in [2.75, 3.05) is 6.54 Å². The molecule has 0 saturated heterocycles. The third-order valence-corrected chi connectivity index (χ3v) is 2.03. The average Bonchev–Trinajstić information content (AvgIpc) is 2.65. The van der Waals surface area contributed by atoms with E-state index in [1.165, 1.54) is 0 Å². The summed E-state index contributed by atoms with van der Waals surface area (Å²) in [6.07, 6.45) is -0.0499. The minimum atomic E-state index is -0.947. The smallest absolute Gasteiger partial charge is 0.305 e. The number of rotatable bonds is 6. The minimum Gasteiger partial charge on any atom is -0.481 e. The topological polar surface area (TPSA) is 110 Å². The Bertz CT molecular complexity index is 401. The Morgan fingerprint density at radius 1 is 1.47 bits per heavy atom. The number of carboxylic acid groups (broad SMARTS) is 1. The molecule has 0 radical (unpaired) electrons. The molecule has 17 heavy (non-hydrogen) atoms. The van der Waals surface area contributed by atoms with Crippen LogP contribution in [-0.2, 0) is 16.0 Å². The van der Waals surface area contributed by atoms with Crippen molar-refractivity contribution in [3.63, 3.8) is 0 Å². The summed E-state index contributed by atoms with van der Waals surface area (Å²) in [6.45, 7) is 3.92. The monoisotopic (exact) mass is 241 g/mol. The average molecular weight is 241 g/mol. The Labute approximate surface area is 98.0 Å². The highest BCUT2D eigenvalue weighted by atomic mass is 16.4. The standard InChI is InChI=1S/C9H15N5O3/c1-6(2)14-7(11-12-13-14)5-8(15)10-4-3-9(16)17/h6H,3-5H2,1-2H3,(H,10,15)(H,16,17). The molecule has 0 aliphatic rings. The Morgan fingerprint density at radius 2 is 2.18 bits per heavy atom. The molecule has 0 aliphatic heterocycles. The Hall–Kier alpha value is -1.99. The second-order valence-electron chi connectivity index (χ2n) is 3.80. The molecule has 0 aliphatic carbocycles.